The first-order valence-corrected chi connectivity index (χ1v) is 12.6. The van der Waals surface area contributed by atoms with Crippen molar-refractivity contribution >= 4 is 34.8 Å². The van der Waals surface area contributed by atoms with Gasteiger partial charge in [0.05, 0.1) is 6.54 Å². The normalized spacial score (nSPS) is 11.8. The van der Waals surface area contributed by atoms with Crippen molar-refractivity contribution in [2.45, 2.75) is 40.3 Å². The van der Waals surface area contributed by atoms with Gasteiger partial charge in [0.2, 0.25) is 5.91 Å². The van der Waals surface area contributed by atoms with E-state index in [1.165, 1.54) is 17.0 Å². The number of hydrogen-bond donors (Lipinski definition) is 0. The molecule has 4 nitrogen and oxygen atoms in total. The Labute approximate surface area is 210 Å². The minimum atomic E-state index is -0.316. The van der Waals surface area contributed by atoms with Gasteiger partial charge in [0.25, 0.3) is 5.91 Å². The van der Waals surface area contributed by atoms with Crippen molar-refractivity contribution in [3.8, 4) is 0 Å². The summed E-state index contributed by atoms with van der Waals surface area (Å²) in [7, 11) is 0. The number of benzene rings is 2. The lowest BCUT2D eigenvalue weighted by molar-refractivity contribution is -0.133. The standard InChI is InChI=1S/C27H30ClFN2O2S/c1-4-19(2)15-31(27(33)22-8-10-23(28)11-9-22)18-26(32)30(17-25-14-5-20(3)34-25)16-21-6-12-24(29)13-7-21/h5-14,19H,4,15-18H2,1-3H3/t19-/m1/s1. The lowest BCUT2D eigenvalue weighted by atomic mass is 10.1. The third kappa shape index (κ3) is 7.40. The fourth-order valence-electron chi connectivity index (χ4n) is 3.56. The summed E-state index contributed by atoms with van der Waals surface area (Å²) in [4.78, 5) is 32.4. The van der Waals surface area contributed by atoms with Crippen molar-refractivity contribution in [3.63, 3.8) is 0 Å². The van der Waals surface area contributed by atoms with Crippen LogP contribution in [-0.4, -0.2) is 34.7 Å². The second-order valence-corrected chi connectivity index (χ2v) is 10.4. The van der Waals surface area contributed by atoms with Crippen LogP contribution in [0.1, 0.15) is 45.9 Å². The molecular formula is C27H30ClFN2O2S. The zero-order chi connectivity index (χ0) is 24.7. The molecule has 180 valence electrons. The van der Waals surface area contributed by atoms with E-state index < -0.39 is 0 Å². The molecule has 0 fully saturated rings. The number of aryl methyl sites for hydroxylation is 1. The van der Waals surface area contributed by atoms with E-state index in [2.05, 4.69) is 13.8 Å². The van der Waals surface area contributed by atoms with E-state index in [4.69, 9.17) is 11.6 Å². The highest BCUT2D eigenvalue weighted by molar-refractivity contribution is 7.11. The van der Waals surface area contributed by atoms with Crippen LogP contribution in [0.5, 0.6) is 0 Å². The molecule has 3 rings (SSSR count). The van der Waals surface area contributed by atoms with Gasteiger partial charge in [-0.2, -0.15) is 0 Å². The summed E-state index contributed by atoms with van der Waals surface area (Å²) < 4.78 is 13.4. The van der Waals surface area contributed by atoms with E-state index in [-0.39, 0.29) is 30.1 Å². The molecule has 1 atom stereocenters. The van der Waals surface area contributed by atoms with E-state index in [1.54, 1.807) is 57.5 Å². The van der Waals surface area contributed by atoms with Crippen LogP contribution in [0.15, 0.2) is 60.7 Å². The van der Waals surface area contributed by atoms with Crippen molar-refractivity contribution in [1.82, 2.24) is 9.80 Å². The minimum Gasteiger partial charge on any atom is -0.332 e. The molecule has 0 aliphatic rings. The molecule has 0 bridgehead atoms. The first-order valence-electron chi connectivity index (χ1n) is 11.4. The van der Waals surface area contributed by atoms with Crippen LogP contribution in [0.2, 0.25) is 5.02 Å². The summed E-state index contributed by atoms with van der Waals surface area (Å²) >= 11 is 7.62. The SMILES string of the molecule is CC[C@@H](C)CN(CC(=O)N(Cc1ccc(F)cc1)Cc1ccc(C)s1)C(=O)c1ccc(Cl)cc1. The topological polar surface area (TPSA) is 40.6 Å². The fourth-order valence-corrected chi connectivity index (χ4v) is 4.60. The zero-order valence-corrected chi connectivity index (χ0v) is 21.3. The Kier molecular flexibility index (Phi) is 9.25. The van der Waals surface area contributed by atoms with Crippen molar-refractivity contribution in [2.75, 3.05) is 13.1 Å². The highest BCUT2D eigenvalue weighted by Gasteiger charge is 2.24. The number of nitrogens with zero attached hydrogens (tertiary/aromatic N) is 2. The monoisotopic (exact) mass is 500 g/mol. The Bertz CT molecular complexity index is 1100. The van der Waals surface area contributed by atoms with Crippen molar-refractivity contribution in [3.05, 3.63) is 92.4 Å². The smallest absolute Gasteiger partial charge is 0.254 e. The van der Waals surface area contributed by atoms with Gasteiger partial charge < -0.3 is 9.80 Å². The summed E-state index contributed by atoms with van der Waals surface area (Å²) in [5.41, 5.74) is 1.33. The molecule has 1 heterocycles. The molecule has 34 heavy (non-hydrogen) atoms. The van der Waals surface area contributed by atoms with Crippen molar-refractivity contribution in [1.29, 1.82) is 0 Å². The maximum absolute atomic E-state index is 13.5. The maximum atomic E-state index is 13.5. The summed E-state index contributed by atoms with van der Waals surface area (Å²) in [5, 5.41) is 0.554. The number of hydrogen-bond acceptors (Lipinski definition) is 3. The van der Waals surface area contributed by atoms with Crippen LogP contribution in [0, 0.1) is 18.7 Å². The Hall–Kier alpha value is -2.70. The molecule has 0 N–H and O–H groups in total. The van der Waals surface area contributed by atoms with Crippen LogP contribution in [0.4, 0.5) is 4.39 Å². The van der Waals surface area contributed by atoms with E-state index in [1.807, 2.05) is 19.1 Å². The molecular weight excluding hydrogens is 471 g/mol. The van der Waals surface area contributed by atoms with Crippen LogP contribution in [-0.2, 0) is 17.9 Å². The van der Waals surface area contributed by atoms with Crippen LogP contribution in [0.25, 0.3) is 0 Å². The van der Waals surface area contributed by atoms with E-state index >= 15 is 0 Å². The average Bonchev–Trinajstić information content (AvgIpc) is 3.24. The molecule has 0 spiro atoms. The van der Waals surface area contributed by atoms with Gasteiger partial charge in [0.15, 0.2) is 0 Å². The van der Waals surface area contributed by atoms with E-state index in [0.29, 0.717) is 30.2 Å². The van der Waals surface area contributed by atoms with Crippen LogP contribution < -0.4 is 0 Å². The quantitative estimate of drug-likeness (QED) is 0.316. The second-order valence-electron chi connectivity index (χ2n) is 8.59. The molecule has 3 aromatic rings. The van der Waals surface area contributed by atoms with E-state index in [9.17, 15) is 14.0 Å². The highest BCUT2D eigenvalue weighted by Crippen LogP contribution is 2.20. The lowest BCUT2D eigenvalue weighted by Crippen LogP contribution is -2.44. The lowest BCUT2D eigenvalue weighted by Gasteiger charge is -2.29. The molecule has 0 aliphatic carbocycles. The van der Waals surface area contributed by atoms with Crippen LogP contribution >= 0.6 is 22.9 Å². The molecule has 0 saturated carbocycles. The number of halogens is 2. The Morgan fingerprint density at radius 3 is 2.24 bits per heavy atom. The summed E-state index contributed by atoms with van der Waals surface area (Å²) in [6.45, 7) is 7.38. The molecule has 2 aromatic carbocycles. The molecule has 1 aromatic heterocycles. The molecule has 0 unspecified atom stereocenters. The Balaban J connectivity index is 1.83. The Morgan fingerprint density at radius 2 is 1.65 bits per heavy atom. The summed E-state index contributed by atoms with van der Waals surface area (Å²) in [6.07, 6.45) is 0.895. The minimum absolute atomic E-state index is 0.0304. The molecule has 0 saturated heterocycles. The van der Waals surface area contributed by atoms with E-state index in [0.717, 1.165) is 16.9 Å². The molecule has 0 radical (unpaired) electrons. The molecule has 0 aliphatic heterocycles. The third-order valence-electron chi connectivity index (χ3n) is 5.72. The van der Waals surface area contributed by atoms with Gasteiger partial charge in [0.1, 0.15) is 12.4 Å². The second kappa shape index (κ2) is 12.1. The van der Waals surface area contributed by atoms with Gasteiger partial charge in [-0.05, 0) is 66.9 Å². The zero-order valence-electron chi connectivity index (χ0n) is 19.8. The largest absolute Gasteiger partial charge is 0.332 e. The maximum Gasteiger partial charge on any atom is 0.254 e. The number of amides is 2. The predicted octanol–water partition coefficient (Wildman–Crippen LogP) is 6.57. The molecule has 2 amide bonds. The van der Waals surface area contributed by atoms with Gasteiger partial charge in [-0.25, -0.2) is 4.39 Å². The summed E-state index contributed by atoms with van der Waals surface area (Å²) in [6, 6.07) is 16.9. The first-order chi connectivity index (χ1) is 16.2. The highest BCUT2D eigenvalue weighted by atomic mass is 35.5. The van der Waals surface area contributed by atoms with Crippen molar-refractivity contribution < 1.29 is 14.0 Å². The summed E-state index contributed by atoms with van der Waals surface area (Å²) in [5.74, 6) is -0.418. The van der Waals surface area contributed by atoms with Gasteiger partial charge in [-0.3, -0.25) is 9.59 Å². The van der Waals surface area contributed by atoms with Gasteiger partial charge in [0, 0.05) is 33.4 Å². The average molecular weight is 501 g/mol. The third-order valence-corrected chi connectivity index (χ3v) is 6.95. The first kappa shape index (κ1) is 25.9. The fraction of sp³-hybridized carbons (Fsp3) is 0.333. The Morgan fingerprint density at radius 1 is 0.971 bits per heavy atom. The van der Waals surface area contributed by atoms with Gasteiger partial charge in [-0.1, -0.05) is 44.0 Å². The van der Waals surface area contributed by atoms with Gasteiger partial charge in [-0.15, -0.1) is 11.3 Å². The number of carbonyl (C=O) groups is 2. The number of carbonyl (C=O) groups excluding carboxylic acids is 2. The predicted molar refractivity (Wildman–Crippen MR) is 137 cm³/mol. The number of thiophene rings is 1. The molecule has 7 heteroatoms. The number of rotatable bonds is 10. The van der Waals surface area contributed by atoms with Crippen molar-refractivity contribution in [2.24, 2.45) is 5.92 Å². The van der Waals surface area contributed by atoms with Crippen LogP contribution in [0.3, 0.4) is 0 Å². The van der Waals surface area contributed by atoms with Gasteiger partial charge >= 0.3 is 0 Å².